The van der Waals surface area contributed by atoms with Crippen LogP contribution >= 0.6 is 0 Å². The van der Waals surface area contributed by atoms with E-state index in [0.717, 1.165) is 0 Å². The van der Waals surface area contributed by atoms with Gasteiger partial charge in [0.15, 0.2) is 0 Å². The molecule has 0 bridgehead atoms. The molecule has 0 saturated heterocycles. The Bertz CT molecular complexity index is 531. The maximum absolute atomic E-state index is 13.3. The molecule has 1 unspecified atom stereocenters. The fourth-order valence-corrected chi connectivity index (χ4v) is 1.30. The Morgan fingerprint density at radius 2 is 1.95 bits per heavy atom. The number of halogens is 4. The van der Waals surface area contributed by atoms with Crippen molar-refractivity contribution in [1.29, 1.82) is 0 Å². The van der Waals surface area contributed by atoms with Crippen LogP contribution < -0.4 is 11.1 Å². The molecule has 1 aromatic carbocycles. The second-order valence-corrected chi connectivity index (χ2v) is 3.89. The van der Waals surface area contributed by atoms with E-state index < -0.39 is 47.6 Å². The summed E-state index contributed by atoms with van der Waals surface area (Å²) in [6.45, 7) is 0. The number of carbonyl (C=O) groups is 2. The van der Waals surface area contributed by atoms with Gasteiger partial charge >= 0.3 is 12.1 Å². The third kappa shape index (κ3) is 4.19. The van der Waals surface area contributed by atoms with Crippen molar-refractivity contribution in [3.05, 3.63) is 29.6 Å². The number of hydrogen-bond acceptors (Lipinski definition) is 3. The highest BCUT2D eigenvalue weighted by Gasteiger charge is 2.31. The Hall–Kier alpha value is -2.16. The first-order valence-corrected chi connectivity index (χ1v) is 5.26. The van der Waals surface area contributed by atoms with Crippen LogP contribution in [0, 0.1) is 5.82 Å². The van der Waals surface area contributed by atoms with Crippen molar-refractivity contribution in [2.75, 3.05) is 5.32 Å². The lowest BCUT2D eigenvalue weighted by Gasteiger charge is -2.13. The van der Waals surface area contributed by atoms with Gasteiger partial charge in [-0.3, -0.25) is 9.59 Å². The van der Waals surface area contributed by atoms with Crippen LogP contribution in [0.2, 0.25) is 0 Å². The van der Waals surface area contributed by atoms with E-state index in [9.17, 15) is 27.2 Å². The van der Waals surface area contributed by atoms with Crippen molar-refractivity contribution in [2.24, 2.45) is 5.73 Å². The standard InChI is InChI=1S/C11H10F4N2O3/c12-6-2-1-5(11(13,14)15)3-8(6)17-10(20)7(16)4-9(18)19/h1-3,7H,4,16H2,(H,17,20)(H,18,19). The number of alkyl halides is 3. The summed E-state index contributed by atoms with van der Waals surface area (Å²) in [4.78, 5) is 21.8. The summed E-state index contributed by atoms with van der Waals surface area (Å²) in [5.41, 5.74) is 3.33. The Morgan fingerprint density at radius 1 is 1.35 bits per heavy atom. The summed E-state index contributed by atoms with van der Waals surface area (Å²) in [6.07, 6.45) is -5.43. The summed E-state index contributed by atoms with van der Waals surface area (Å²) in [5, 5.41) is 10.2. The van der Waals surface area contributed by atoms with Crippen LogP contribution in [0.3, 0.4) is 0 Å². The predicted octanol–water partition coefficient (Wildman–Crippen LogP) is 1.58. The Balaban J connectivity index is 2.92. The normalized spacial score (nSPS) is 12.8. The molecular formula is C11H10F4N2O3. The predicted molar refractivity (Wildman–Crippen MR) is 60.3 cm³/mol. The van der Waals surface area contributed by atoms with Gasteiger partial charge in [0.05, 0.1) is 23.7 Å². The lowest BCUT2D eigenvalue weighted by atomic mass is 10.1. The minimum Gasteiger partial charge on any atom is -0.481 e. The van der Waals surface area contributed by atoms with Gasteiger partial charge < -0.3 is 16.2 Å². The summed E-state index contributed by atoms with van der Waals surface area (Å²) in [7, 11) is 0. The van der Waals surface area contributed by atoms with Crippen LogP contribution in [0.5, 0.6) is 0 Å². The molecule has 9 heteroatoms. The zero-order valence-corrected chi connectivity index (χ0v) is 9.87. The van der Waals surface area contributed by atoms with Crippen LogP contribution in [0.1, 0.15) is 12.0 Å². The Kier molecular flexibility index (Phi) is 4.66. The molecule has 0 fully saturated rings. The minimum atomic E-state index is -4.70. The lowest BCUT2D eigenvalue weighted by molar-refractivity contribution is -0.139. The first-order chi connectivity index (χ1) is 9.11. The van der Waals surface area contributed by atoms with Crippen LogP contribution in [-0.4, -0.2) is 23.0 Å². The van der Waals surface area contributed by atoms with Crippen LogP contribution in [0.15, 0.2) is 18.2 Å². The quantitative estimate of drug-likeness (QED) is 0.735. The largest absolute Gasteiger partial charge is 0.481 e. The van der Waals surface area contributed by atoms with Gasteiger partial charge in [-0.25, -0.2) is 4.39 Å². The van der Waals surface area contributed by atoms with Crippen molar-refractivity contribution in [3.8, 4) is 0 Å². The van der Waals surface area contributed by atoms with Gasteiger partial charge in [0.25, 0.3) is 0 Å². The molecule has 0 aromatic heterocycles. The van der Waals surface area contributed by atoms with Crippen molar-refractivity contribution in [3.63, 3.8) is 0 Å². The molecule has 110 valence electrons. The van der Waals surface area contributed by atoms with E-state index in [-0.39, 0.29) is 0 Å². The topological polar surface area (TPSA) is 92.4 Å². The zero-order chi connectivity index (χ0) is 15.5. The fourth-order valence-electron chi connectivity index (χ4n) is 1.30. The molecule has 0 saturated carbocycles. The molecule has 20 heavy (non-hydrogen) atoms. The number of benzene rings is 1. The lowest BCUT2D eigenvalue weighted by Crippen LogP contribution is -2.37. The van der Waals surface area contributed by atoms with E-state index in [1.807, 2.05) is 5.32 Å². The molecule has 0 radical (unpaired) electrons. The van der Waals surface area contributed by atoms with Gasteiger partial charge in [-0.15, -0.1) is 0 Å². The van der Waals surface area contributed by atoms with E-state index >= 15 is 0 Å². The first kappa shape index (κ1) is 15.9. The van der Waals surface area contributed by atoms with E-state index in [0.29, 0.717) is 18.2 Å². The summed E-state index contributed by atoms with van der Waals surface area (Å²) in [5.74, 6) is -3.54. The van der Waals surface area contributed by atoms with Crippen molar-refractivity contribution < 1.29 is 32.3 Å². The van der Waals surface area contributed by atoms with E-state index in [4.69, 9.17) is 10.8 Å². The first-order valence-electron chi connectivity index (χ1n) is 5.26. The number of carboxylic acid groups (broad SMARTS) is 1. The van der Waals surface area contributed by atoms with Gasteiger partial charge in [0.1, 0.15) is 5.82 Å². The maximum atomic E-state index is 13.3. The minimum absolute atomic E-state index is 0.403. The highest BCUT2D eigenvalue weighted by atomic mass is 19.4. The molecule has 0 aliphatic carbocycles. The molecule has 0 aliphatic heterocycles. The highest BCUT2D eigenvalue weighted by molar-refractivity contribution is 5.96. The molecular weight excluding hydrogens is 284 g/mol. The summed E-state index contributed by atoms with van der Waals surface area (Å²) < 4.78 is 50.6. The van der Waals surface area contributed by atoms with E-state index in [2.05, 4.69) is 0 Å². The number of nitrogens with one attached hydrogen (secondary N) is 1. The third-order valence-corrected chi connectivity index (χ3v) is 2.28. The average molecular weight is 294 g/mol. The summed E-state index contributed by atoms with van der Waals surface area (Å²) in [6, 6.07) is -0.0363. The van der Waals surface area contributed by atoms with Gasteiger partial charge in [0.2, 0.25) is 5.91 Å². The van der Waals surface area contributed by atoms with Crippen molar-refractivity contribution in [2.45, 2.75) is 18.6 Å². The monoisotopic (exact) mass is 294 g/mol. The summed E-state index contributed by atoms with van der Waals surface area (Å²) >= 11 is 0. The number of aliphatic carboxylic acids is 1. The number of amides is 1. The number of carbonyl (C=O) groups excluding carboxylic acids is 1. The van der Waals surface area contributed by atoms with Crippen LogP contribution in [0.4, 0.5) is 23.2 Å². The van der Waals surface area contributed by atoms with Crippen LogP contribution in [-0.2, 0) is 15.8 Å². The van der Waals surface area contributed by atoms with Gasteiger partial charge in [-0.1, -0.05) is 0 Å². The number of carboxylic acids is 1. The molecule has 0 heterocycles. The van der Waals surface area contributed by atoms with Crippen molar-refractivity contribution in [1.82, 2.24) is 0 Å². The number of rotatable bonds is 4. The van der Waals surface area contributed by atoms with Gasteiger partial charge in [-0.2, -0.15) is 13.2 Å². The fraction of sp³-hybridized carbons (Fsp3) is 0.273. The number of nitrogens with two attached hydrogens (primary N) is 1. The Morgan fingerprint density at radius 3 is 2.45 bits per heavy atom. The molecule has 1 rings (SSSR count). The number of anilines is 1. The zero-order valence-electron chi connectivity index (χ0n) is 9.87. The van der Waals surface area contributed by atoms with Crippen LogP contribution in [0.25, 0.3) is 0 Å². The molecule has 5 nitrogen and oxygen atoms in total. The molecule has 0 spiro atoms. The molecule has 1 amide bonds. The maximum Gasteiger partial charge on any atom is 0.416 e. The molecule has 1 atom stereocenters. The Labute approximate surface area is 110 Å². The molecule has 0 aliphatic rings. The average Bonchev–Trinajstić information content (AvgIpc) is 2.29. The van der Waals surface area contributed by atoms with E-state index in [1.165, 1.54) is 0 Å². The van der Waals surface area contributed by atoms with E-state index in [1.54, 1.807) is 0 Å². The van der Waals surface area contributed by atoms with Gasteiger partial charge in [0, 0.05) is 0 Å². The molecule has 1 aromatic rings. The van der Waals surface area contributed by atoms with Gasteiger partial charge in [-0.05, 0) is 18.2 Å². The van der Waals surface area contributed by atoms with Crippen molar-refractivity contribution >= 4 is 17.6 Å². The third-order valence-electron chi connectivity index (χ3n) is 2.28. The smallest absolute Gasteiger partial charge is 0.416 e. The highest BCUT2D eigenvalue weighted by Crippen LogP contribution is 2.31. The second kappa shape index (κ2) is 5.87. The number of hydrogen-bond donors (Lipinski definition) is 3. The SMILES string of the molecule is NC(CC(=O)O)C(=O)Nc1cc(C(F)(F)F)ccc1F. The second-order valence-electron chi connectivity index (χ2n) is 3.89. The molecule has 4 N–H and O–H groups in total.